The molecule has 0 aliphatic heterocycles. The van der Waals surface area contributed by atoms with E-state index in [1.54, 1.807) is 6.92 Å². The third-order valence-electron chi connectivity index (χ3n) is 3.15. The Balaban J connectivity index is 3.24. The van der Waals surface area contributed by atoms with E-state index in [0.29, 0.717) is 6.07 Å². The van der Waals surface area contributed by atoms with Crippen molar-refractivity contribution in [1.29, 1.82) is 0 Å². The molecule has 7 nitrogen and oxygen atoms in total. The lowest BCUT2D eigenvalue weighted by Gasteiger charge is -2.34. The Morgan fingerprint density at radius 2 is 2.00 bits per heavy atom. The molecule has 0 aliphatic rings. The summed E-state index contributed by atoms with van der Waals surface area (Å²) in [5.41, 5.74) is -2.42. The summed E-state index contributed by atoms with van der Waals surface area (Å²) in [6, 6.07) is 2.61. The molecule has 0 saturated heterocycles. The molecule has 1 aromatic rings. The molecular weight excluding hydrogens is 283 g/mol. The van der Waals surface area contributed by atoms with Crippen LogP contribution in [0.5, 0.6) is 0 Å². The van der Waals surface area contributed by atoms with Crippen LogP contribution in [-0.2, 0) is 4.79 Å². The number of aliphatic carboxylic acids is 1. The van der Waals surface area contributed by atoms with Gasteiger partial charge in [0.25, 0.3) is 11.6 Å². The summed E-state index contributed by atoms with van der Waals surface area (Å²) in [4.78, 5) is 34.2. The number of rotatable bonds is 5. The summed E-state index contributed by atoms with van der Waals surface area (Å²) in [7, 11) is 0. The second-order valence-corrected chi connectivity index (χ2v) is 4.83. The number of amides is 1. The number of carbonyl (C=O) groups excluding carboxylic acids is 1. The normalized spacial score (nSPS) is 11.0. The van der Waals surface area contributed by atoms with Gasteiger partial charge in [-0.3, -0.25) is 14.9 Å². The fraction of sp³-hybridized carbons (Fsp3) is 0.385. The zero-order valence-corrected chi connectivity index (χ0v) is 11.8. The van der Waals surface area contributed by atoms with Gasteiger partial charge >= 0.3 is 5.97 Å². The first-order chi connectivity index (χ1) is 9.62. The van der Waals surface area contributed by atoms with Gasteiger partial charge in [-0.1, -0.05) is 0 Å². The Kier molecular flexibility index (Phi) is 4.62. The average Bonchev–Trinajstić information content (AvgIpc) is 2.38. The molecule has 8 heteroatoms. The van der Waals surface area contributed by atoms with E-state index in [0.717, 1.165) is 17.0 Å². The minimum absolute atomic E-state index is 0.0502. The minimum Gasteiger partial charge on any atom is -0.480 e. The van der Waals surface area contributed by atoms with Gasteiger partial charge in [0.1, 0.15) is 11.4 Å². The third-order valence-corrected chi connectivity index (χ3v) is 3.15. The molecule has 0 spiro atoms. The number of carboxylic acid groups (broad SMARTS) is 1. The first-order valence-electron chi connectivity index (χ1n) is 6.12. The van der Waals surface area contributed by atoms with Crippen LogP contribution in [0, 0.1) is 15.9 Å². The lowest BCUT2D eigenvalue weighted by Crippen LogP contribution is -2.53. The van der Waals surface area contributed by atoms with E-state index in [2.05, 4.69) is 0 Å². The van der Waals surface area contributed by atoms with Crippen LogP contribution in [0.15, 0.2) is 18.2 Å². The van der Waals surface area contributed by atoms with Crippen molar-refractivity contribution >= 4 is 17.6 Å². The molecular formula is C13H15FN2O5. The molecule has 0 saturated carbocycles. The van der Waals surface area contributed by atoms with Crippen molar-refractivity contribution in [3.63, 3.8) is 0 Å². The second kappa shape index (κ2) is 5.86. The van der Waals surface area contributed by atoms with E-state index in [9.17, 15) is 24.1 Å². The Hall–Kier alpha value is -2.51. The molecule has 0 aromatic heterocycles. The smallest absolute Gasteiger partial charge is 0.329 e. The van der Waals surface area contributed by atoms with Gasteiger partial charge in [-0.2, -0.15) is 0 Å². The highest BCUT2D eigenvalue weighted by atomic mass is 19.1. The molecule has 0 aliphatic carbocycles. The maximum atomic E-state index is 13.8. The van der Waals surface area contributed by atoms with Crippen LogP contribution in [0.3, 0.4) is 0 Å². The highest BCUT2D eigenvalue weighted by Gasteiger charge is 2.38. The summed E-state index contributed by atoms with van der Waals surface area (Å²) < 4.78 is 13.8. The number of carbonyl (C=O) groups is 2. The fourth-order valence-corrected chi connectivity index (χ4v) is 1.84. The highest BCUT2D eigenvalue weighted by molar-refractivity contribution is 5.98. The number of nitro benzene ring substituents is 1. The Morgan fingerprint density at radius 3 is 2.38 bits per heavy atom. The van der Waals surface area contributed by atoms with Gasteiger partial charge in [0.15, 0.2) is 0 Å². The van der Waals surface area contributed by atoms with E-state index in [1.807, 2.05) is 0 Å². The maximum Gasteiger partial charge on any atom is 0.329 e. The van der Waals surface area contributed by atoms with Crippen LogP contribution in [0.4, 0.5) is 10.1 Å². The van der Waals surface area contributed by atoms with Crippen molar-refractivity contribution < 1.29 is 24.0 Å². The van der Waals surface area contributed by atoms with Crippen molar-refractivity contribution in [3.8, 4) is 0 Å². The van der Waals surface area contributed by atoms with E-state index in [1.165, 1.54) is 13.8 Å². The molecule has 1 aromatic carbocycles. The van der Waals surface area contributed by atoms with Gasteiger partial charge in [0, 0.05) is 12.6 Å². The predicted octanol–water partition coefficient (Wildman–Crippen LogP) is 2.06. The van der Waals surface area contributed by atoms with Crippen LogP contribution in [0.25, 0.3) is 0 Å². The van der Waals surface area contributed by atoms with Gasteiger partial charge in [-0.05, 0) is 26.8 Å². The molecule has 0 radical (unpaired) electrons. The molecule has 0 unspecified atom stereocenters. The zero-order chi connectivity index (χ0) is 16.4. The number of benzene rings is 1. The van der Waals surface area contributed by atoms with E-state index in [-0.39, 0.29) is 6.54 Å². The van der Waals surface area contributed by atoms with E-state index in [4.69, 9.17) is 5.11 Å². The van der Waals surface area contributed by atoms with Crippen molar-refractivity contribution in [2.45, 2.75) is 26.3 Å². The molecule has 0 fully saturated rings. The fourth-order valence-electron chi connectivity index (χ4n) is 1.84. The number of hydrogen-bond donors (Lipinski definition) is 1. The lowest BCUT2D eigenvalue weighted by atomic mass is 10.0. The standard InChI is InChI=1S/C13H15FN2O5/c1-4-15(13(2,3)12(18)19)11(17)9-6-5-8(16(20)21)7-10(9)14/h5-7H,4H2,1-3H3,(H,18,19). The average molecular weight is 298 g/mol. The number of carboxylic acids is 1. The molecule has 1 amide bonds. The molecule has 114 valence electrons. The summed E-state index contributed by atoms with van der Waals surface area (Å²) in [5.74, 6) is -3.13. The predicted molar refractivity (Wildman–Crippen MR) is 71.5 cm³/mol. The number of nitro groups is 1. The summed E-state index contributed by atoms with van der Waals surface area (Å²) in [6.07, 6.45) is 0. The summed E-state index contributed by atoms with van der Waals surface area (Å²) >= 11 is 0. The molecule has 0 heterocycles. The van der Waals surface area contributed by atoms with Gasteiger partial charge in [0.2, 0.25) is 0 Å². The monoisotopic (exact) mass is 298 g/mol. The molecule has 0 bridgehead atoms. The van der Waals surface area contributed by atoms with Crippen molar-refractivity contribution in [3.05, 3.63) is 39.7 Å². The molecule has 21 heavy (non-hydrogen) atoms. The highest BCUT2D eigenvalue weighted by Crippen LogP contribution is 2.22. The van der Waals surface area contributed by atoms with Crippen LogP contribution in [0.1, 0.15) is 31.1 Å². The number of non-ortho nitro benzene ring substituents is 1. The van der Waals surface area contributed by atoms with Crippen molar-refractivity contribution in [1.82, 2.24) is 4.90 Å². The second-order valence-electron chi connectivity index (χ2n) is 4.83. The molecule has 1 rings (SSSR count). The molecule has 0 atom stereocenters. The van der Waals surface area contributed by atoms with Crippen molar-refractivity contribution in [2.75, 3.05) is 6.54 Å². The molecule has 1 N–H and O–H groups in total. The van der Waals surface area contributed by atoms with Gasteiger partial charge < -0.3 is 10.0 Å². The van der Waals surface area contributed by atoms with Crippen molar-refractivity contribution in [2.24, 2.45) is 0 Å². The topological polar surface area (TPSA) is 101 Å². The van der Waals surface area contributed by atoms with Gasteiger partial charge in [-0.15, -0.1) is 0 Å². The van der Waals surface area contributed by atoms with E-state index >= 15 is 0 Å². The number of halogens is 1. The first-order valence-corrected chi connectivity index (χ1v) is 6.12. The summed E-state index contributed by atoms with van der Waals surface area (Å²) in [5, 5.41) is 19.7. The Labute approximate surface area is 120 Å². The SMILES string of the molecule is CCN(C(=O)c1ccc([N+](=O)[O-])cc1F)C(C)(C)C(=O)O. The third kappa shape index (κ3) is 3.15. The quantitative estimate of drug-likeness (QED) is 0.662. The number of nitrogens with zero attached hydrogens (tertiary/aromatic N) is 2. The zero-order valence-electron chi connectivity index (χ0n) is 11.8. The van der Waals surface area contributed by atoms with Crippen LogP contribution in [0.2, 0.25) is 0 Å². The Morgan fingerprint density at radius 1 is 1.43 bits per heavy atom. The van der Waals surface area contributed by atoms with E-state index < -0.39 is 39.4 Å². The van der Waals surface area contributed by atoms with Gasteiger partial charge in [0.05, 0.1) is 16.6 Å². The van der Waals surface area contributed by atoms with Crippen LogP contribution < -0.4 is 0 Å². The minimum atomic E-state index is -1.53. The van der Waals surface area contributed by atoms with Gasteiger partial charge in [-0.25, -0.2) is 9.18 Å². The number of hydrogen-bond acceptors (Lipinski definition) is 4. The van der Waals surface area contributed by atoms with Crippen LogP contribution >= 0.6 is 0 Å². The summed E-state index contributed by atoms with van der Waals surface area (Å²) in [6.45, 7) is 4.25. The lowest BCUT2D eigenvalue weighted by molar-refractivity contribution is -0.385. The first kappa shape index (κ1) is 16.5. The maximum absolute atomic E-state index is 13.8. The van der Waals surface area contributed by atoms with Crippen LogP contribution in [-0.4, -0.2) is 38.9 Å². The number of likely N-dealkylation sites (N-methyl/N-ethyl adjacent to an activating group) is 1. The Bertz CT molecular complexity index is 600. The largest absolute Gasteiger partial charge is 0.480 e.